The molecule has 0 radical (unpaired) electrons. The lowest BCUT2D eigenvalue weighted by molar-refractivity contribution is 0.347. The van der Waals surface area contributed by atoms with Crippen molar-refractivity contribution >= 4 is 10.0 Å². The van der Waals surface area contributed by atoms with Gasteiger partial charge < -0.3 is 10.6 Å². The van der Waals surface area contributed by atoms with Crippen molar-refractivity contribution in [2.45, 2.75) is 31.7 Å². The third-order valence-corrected chi connectivity index (χ3v) is 6.24. The molecule has 1 aliphatic heterocycles. The van der Waals surface area contributed by atoms with Gasteiger partial charge in [-0.3, -0.25) is 0 Å². The van der Waals surface area contributed by atoms with Crippen LogP contribution in [0.15, 0.2) is 17.0 Å². The summed E-state index contributed by atoms with van der Waals surface area (Å²) in [4.78, 5) is 2.58. The lowest BCUT2D eigenvalue weighted by Crippen LogP contribution is -2.35. The van der Waals surface area contributed by atoms with E-state index in [4.69, 9.17) is 5.73 Å². The number of hydrogen-bond donors (Lipinski definition) is 1. The van der Waals surface area contributed by atoms with Gasteiger partial charge in [-0.15, -0.1) is 0 Å². The Morgan fingerprint density at radius 2 is 1.86 bits per heavy atom. The maximum absolute atomic E-state index is 13.0. The van der Waals surface area contributed by atoms with Crippen LogP contribution < -0.4 is 5.73 Å². The molecule has 6 heteroatoms. The van der Waals surface area contributed by atoms with E-state index in [1.807, 2.05) is 27.0 Å². The van der Waals surface area contributed by atoms with Gasteiger partial charge in [0.05, 0.1) is 4.90 Å². The van der Waals surface area contributed by atoms with Crippen LogP contribution in [-0.2, 0) is 16.6 Å². The van der Waals surface area contributed by atoms with Crippen molar-refractivity contribution in [3.63, 3.8) is 0 Å². The summed E-state index contributed by atoms with van der Waals surface area (Å²) in [6, 6.07) is 3.69. The van der Waals surface area contributed by atoms with Gasteiger partial charge in [0.15, 0.2) is 0 Å². The van der Waals surface area contributed by atoms with Crippen molar-refractivity contribution in [2.24, 2.45) is 5.73 Å². The van der Waals surface area contributed by atoms with Crippen molar-refractivity contribution in [1.82, 2.24) is 9.21 Å². The minimum atomic E-state index is -3.44. The fourth-order valence-electron chi connectivity index (χ4n) is 2.69. The molecule has 5 nitrogen and oxygen atoms in total. The molecule has 118 valence electrons. The molecule has 2 N–H and O–H groups in total. The van der Waals surface area contributed by atoms with Crippen molar-refractivity contribution in [3.05, 3.63) is 28.8 Å². The van der Waals surface area contributed by atoms with Gasteiger partial charge in [-0.25, -0.2) is 8.42 Å². The predicted molar refractivity (Wildman–Crippen MR) is 84.7 cm³/mol. The fourth-order valence-corrected chi connectivity index (χ4v) is 4.50. The van der Waals surface area contributed by atoms with Crippen molar-refractivity contribution in [1.29, 1.82) is 0 Å². The van der Waals surface area contributed by atoms with Gasteiger partial charge in [0, 0.05) is 26.2 Å². The maximum Gasteiger partial charge on any atom is 0.243 e. The second kappa shape index (κ2) is 6.44. The summed E-state index contributed by atoms with van der Waals surface area (Å²) in [5.74, 6) is 0. The molecule has 1 heterocycles. The molecule has 1 aromatic carbocycles. The van der Waals surface area contributed by atoms with Crippen LogP contribution in [0.5, 0.6) is 0 Å². The van der Waals surface area contributed by atoms with Gasteiger partial charge in [0.25, 0.3) is 0 Å². The first-order valence-corrected chi connectivity index (χ1v) is 8.79. The third-order valence-electron chi connectivity index (χ3n) is 4.21. The minimum Gasteiger partial charge on any atom is -0.326 e. The van der Waals surface area contributed by atoms with E-state index in [0.717, 1.165) is 36.2 Å². The summed E-state index contributed by atoms with van der Waals surface area (Å²) in [5, 5.41) is 0. The van der Waals surface area contributed by atoms with E-state index < -0.39 is 10.0 Å². The molecule has 0 aliphatic carbocycles. The zero-order valence-electron chi connectivity index (χ0n) is 13.1. The van der Waals surface area contributed by atoms with Gasteiger partial charge in [0.1, 0.15) is 0 Å². The molecule has 1 aliphatic rings. The molecule has 2 rings (SSSR count). The molecule has 1 saturated heterocycles. The van der Waals surface area contributed by atoms with Gasteiger partial charge in [-0.05, 0) is 56.6 Å². The Bertz CT molecular complexity index is 614. The van der Waals surface area contributed by atoms with Crippen LogP contribution in [0.25, 0.3) is 0 Å². The van der Waals surface area contributed by atoms with Crippen LogP contribution in [0.1, 0.15) is 23.1 Å². The molecule has 1 fully saturated rings. The lowest BCUT2D eigenvalue weighted by Gasteiger charge is -2.22. The van der Waals surface area contributed by atoms with Crippen LogP contribution in [-0.4, -0.2) is 50.8 Å². The molecular formula is C15H25N3O2S. The SMILES string of the molecule is Cc1cc(CN)cc(S(=O)(=O)N2CCCN(C)CC2)c1C. The number of sulfonamides is 1. The quantitative estimate of drug-likeness (QED) is 0.907. The Kier molecular flexibility index (Phi) is 5.03. The maximum atomic E-state index is 13.0. The van der Waals surface area contributed by atoms with E-state index in [1.54, 1.807) is 10.4 Å². The first kappa shape index (κ1) is 16.4. The molecule has 1 aromatic rings. The minimum absolute atomic E-state index is 0.354. The highest BCUT2D eigenvalue weighted by molar-refractivity contribution is 7.89. The Morgan fingerprint density at radius 1 is 1.14 bits per heavy atom. The number of nitrogens with two attached hydrogens (primary N) is 1. The van der Waals surface area contributed by atoms with E-state index in [-0.39, 0.29) is 0 Å². The number of hydrogen-bond acceptors (Lipinski definition) is 4. The van der Waals surface area contributed by atoms with Gasteiger partial charge in [0.2, 0.25) is 10.0 Å². The smallest absolute Gasteiger partial charge is 0.243 e. The van der Waals surface area contributed by atoms with Gasteiger partial charge in [-0.2, -0.15) is 4.31 Å². The van der Waals surface area contributed by atoms with E-state index in [0.29, 0.717) is 24.5 Å². The third kappa shape index (κ3) is 3.45. The van der Waals surface area contributed by atoms with Gasteiger partial charge >= 0.3 is 0 Å². The van der Waals surface area contributed by atoms with Gasteiger partial charge in [-0.1, -0.05) is 6.07 Å². The van der Waals surface area contributed by atoms with Crippen molar-refractivity contribution in [2.75, 3.05) is 33.2 Å². The number of aryl methyl sites for hydroxylation is 1. The average Bonchev–Trinajstić information content (AvgIpc) is 2.66. The Labute approximate surface area is 127 Å². The van der Waals surface area contributed by atoms with Crippen LogP contribution in [0, 0.1) is 13.8 Å². The second-order valence-corrected chi connectivity index (χ2v) is 7.71. The zero-order chi connectivity index (χ0) is 15.6. The summed E-state index contributed by atoms with van der Waals surface area (Å²) in [7, 11) is -1.42. The summed E-state index contributed by atoms with van der Waals surface area (Å²) in [6.07, 6.45) is 0.865. The number of rotatable bonds is 3. The van der Waals surface area contributed by atoms with E-state index >= 15 is 0 Å². The Morgan fingerprint density at radius 3 is 2.52 bits per heavy atom. The highest BCUT2D eigenvalue weighted by atomic mass is 32.2. The topological polar surface area (TPSA) is 66.6 Å². The monoisotopic (exact) mass is 311 g/mol. The first-order chi connectivity index (χ1) is 9.86. The summed E-state index contributed by atoms with van der Waals surface area (Å²) in [6.45, 7) is 6.99. The fraction of sp³-hybridized carbons (Fsp3) is 0.600. The molecule has 0 amide bonds. The first-order valence-electron chi connectivity index (χ1n) is 7.35. The van der Waals surface area contributed by atoms with Crippen LogP contribution in [0.4, 0.5) is 0 Å². The molecule has 21 heavy (non-hydrogen) atoms. The second-order valence-electron chi connectivity index (χ2n) is 5.80. The molecule has 0 unspecified atom stereocenters. The molecule has 0 aromatic heterocycles. The number of likely N-dealkylation sites (N-methyl/N-ethyl adjacent to an activating group) is 1. The summed E-state index contributed by atoms with van der Waals surface area (Å²) in [5.41, 5.74) is 8.35. The Hall–Kier alpha value is -0.950. The molecule has 0 saturated carbocycles. The normalized spacial score (nSPS) is 18.7. The number of nitrogens with zero attached hydrogens (tertiary/aromatic N) is 2. The van der Waals surface area contributed by atoms with E-state index in [2.05, 4.69) is 4.90 Å². The van der Waals surface area contributed by atoms with Crippen LogP contribution >= 0.6 is 0 Å². The molecular weight excluding hydrogens is 286 g/mol. The highest BCUT2D eigenvalue weighted by Crippen LogP contribution is 2.25. The van der Waals surface area contributed by atoms with Crippen molar-refractivity contribution in [3.8, 4) is 0 Å². The Balaban J connectivity index is 2.41. The zero-order valence-corrected chi connectivity index (χ0v) is 13.9. The van der Waals surface area contributed by atoms with E-state index in [1.165, 1.54) is 0 Å². The van der Waals surface area contributed by atoms with Crippen molar-refractivity contribution < 1.29 is 8.42 Å². The molecule has 0 atom stereocenters. The predicted octanol–water partition coefficient (Wildman–Crippen LogP) is 1.09. The standard InChI is InChI=1S/C15H25N3O2S/c1-12-9-14(11-16)10-15(13(12)2)21(19,20)18-6-4-5-17(3)7-8-18/h9-10H,4-8,11,16H2,1-3H3. The lowest BCUT2D eigenvalue weighted by atomic mass is 10.1. The summed E-state index contributed by atoms with van der Waals surface area (Å²) >= 11 is 0. The average molecular weight is 311 g/mol. The largest absolute Gasteiger partial charge is 0.326 e. The van der Waals surface area contributed by atoms with Crippen LogP contribution in [0.2, 0.25) is 0 Å². The number of benzene rings is 1. The van der Waals surface area contributed by atoms with E-state index in [9.17, 15) is 8.42 Å². The highest BCUT2D eigenvalue weighted by Gasteiger charge is 2.28. The summed E-state index contributed by atoms with van der Waals surface area (Å²) < 4.78 is 27.5. The molecule has 0 spiro atoms. The molecule has 0 bridgehead atoms. The van der Waals surface area contributed by atoms with Crippen LogP contribution in [0.3, 0.4) is 0 Å².